The number of hydrogen-bond donors (Lipinski definition) is 2. The summed E-state index contributed by atoms with van der Waals surface area (Å²) >= 11 is 0. The molecule has 0 spiro atoms. The zero-order valence-electron chi connectivity index (χ0n) is 16.0. The van der Waals surface area contributed by atoms with Crippen molar-refractivity contribution in [3.05, 3.63) is 53.6 Å². The van der Waals surface area contributed by atoms with Crippen LogP contribution in [0.5, 0.6) is 5.75 Å². The van der Waals surface area contributed by atoms with Gasteiger partial charge in [-0.3, -0.25) is 0 Å². The van der Waals surface area contributed by atoms with E-state index in [4.69, 9.17) is 4.74 Å². The number of amides is 2. The number of benzene rings is 2. The smallest absolute Gasteiger partial charge is 0.314 e. The quantitative estimate of drug-likeness (QED) is 0.738. The van der Waals surface area contributed by atoms with Crippen LogP contribution in [0.3, 0.4) is 0 Å². The van der Waals surface area contributed by atoms with Gasteiger partial charge in [0.1, 0.15) is 5.75 Å². The van der Waals surface area contributed by atoms with E-state index in [9.17, 15) is 4.79 Å². The SMILES string of the molecule is CNC(=O)NCC(C)c1c2n(c3ccc(OC)cc13)CCc1ccccc1-2. The van der Waals surface area contributed by atoms with Crippen LogP contribution in [-0.4, -0.2) is 31.3 Å². The van der Waals surface area contributed by atoms with Crippen molar-refractivity contribution >= 4 is 16.9 Å². The summed E-state index contributed by atoms with van der Waals surface area (Å²) < 4.78 is 7.90. The Morgan fingerprint density at radius 2 is 2.07 bits per heavy atom. The largest absolute Gasteiger partial charge is 0.497 e. The standard InChI is InChI=1S/C22H25N3O2/c1-14(13-24-22(26)23-2)20-18-12-16(27-3)8-9-19(18)25-11-10-15-6-4-5-7-17(15)21(20)25/h4-9,12,14H,10-11,13H2,1-3H3,(H2,23,24,26). The van der Waals surface area contributed by atoms with Crippen molar-refractivity contribution in [2.45, 2.75) is 25.8 Å². The molecular formula is C22H25N3O2. The lowest BCUT2D eigenvalue weighted by atomic mass is 9.90. The zero-order valence-corrected chi connectivity index (χ0v) is 16.0. The molecule has 0 saturated carbocycles. The highest BCUT2D eigenvalue weighted by molar-refractivity contribution is 5.94. The van der Waals surface area contributed by atoms with Crippen molar-refractivity contribution in [1.82, 2.24) is 15.2 Å². The fourth-order valence-corrected chi connectivity index (χ4v) is 4.15. The molecule has 0 saturated heterocycles. The molecule has 1 unspecified atom stereocenters. The third-order valence-corrected chi connectivity index (χ3v) is 5.48. The maximum absolute atomic E-state index is 11.7. The van der Waals surface area contributed by atoms with Crippen LogP contribution in [0.4, 0.5) is 4.79 Å². The third-order valence-electron chi connectivity index (χ3n) is 5.48. The number of ether oxygens (including phenoxy) is 1. The Bertz CT molecular complexity index is 1010. The molecule has 1 aliphatic heterocycles. The highest BCUT2D eigenvalue weighted by Crippen LogP contribution is 2.43. The number of fused-ring (bicyclic) bond motifs is 5. The minimum atomic E-state index is -0.155. The average Bonchev–Trinajstić information content (AvgIpc) is 3.05. The van der Waals surface area contributed by atoms with E-state index in [1.54, 1.807) is 14.2 Å². The van der Waals surface area contributed by atoms with Gasteiger partial charge in [0, 0.05) is 42.5 Å². The second-order valence-electron chi connectivity index (χ2n) is 7.07. The first kappa shape index (κ1) is 17.5. The number of rotatable bonds is 4. The van der Waals surface area contributed by atoms with E-state index in [0.29, 0.717) is 6.54 Å². The van der Waals surface area contributed by atoms with E-state index in [-0.39, 0.29) is 11.9 Å². The number of carbonyl (C=O) groups is 1. The van der Waals surface area contributed by atoms with Crippen molar-refractivity contribution in [1.29, 1.82) is 0 Å². The van der Waals surface area contributed by atoms with Crippen molar-refractivity contribution in [3.63, 3.8) is 0 Å². The van der Waals surface area contributed by atoms with Gasteiger partial charge in [-0.25, -0.2) is 4.79 Å². The average molecular weight is 363 g/mol. The van der Waals surface area contributed by atoms with Gasteiger partial charge in [0.15, 0.2) is 0 Å². The van der Waals surface area contributed by atoms with Crippen LogP contribution in [-0.2, 0) is 13.0 Å². The number of methoxy groups -OCH3 is 1. The molecular weight excluding hydrogens is 338 g/mol. The number of nitrogens with zero attached hydrogens (tertiary/aromatic N) is 1. The summed E-state index contributed by atoms with van der Waals surface area (Å²) in [4.78, 5) is 11.7. The molecule has 1 aliphatic rings. The molecule has 0 aliphatic carbocycles. The monoisotopic (exact) mass is 363 g/mol. The molecule has 0 radical (unpaired) electrons. The van der Waals surface area contributed by atoms with Crippen molar-refractivity contribution in [2.24, 2.45) is 0 Å². The fourth-order valence-electron chi connectivity index (χ4n) is 4.15. The Balaban J connectivity index is 1.91. The highest BCUT2D eigenvalue weighted by atomic mass is 16.5. The van der Waals surface area contributed by atoms with Gasteiger partial charge in [0.2, 0.25) is 0 Å². The summed E-state index contributed by atoms with van der Waals surface area (Å²) in [6.45, 7) is 3.71. The Labute approximate surface area is 159 Å². The Kier molecular flexibility index (Phi) is 4.52. The first-order valence-electron chi connectivity index (χ1n) is 9.38. The Morgan fingerprint density at radius 3 is 2.85 bits per heavy atom. The summed E-state index contributed by atoms with van der Waals surface area (Å²) in [7, 11) is 3.33. The van der Waals surface area contributed by atoms with Gasteiger partial charge in [-0.1, -0.05) is 31.2 Å². The summed E-state index contributed by atoms with van der Waals surface area (Å²) in [6, 6.07) is 14.8. The van der Waals surface area contributed by atoms with E-state index in [1.807, 2.05) is 6.07 Å². The molecule has 0 bridgehead atoms. The zero-order chi connectivity index (χ0) is 19.0. The number of aromatic nitrogens is 1. The maximum Gasteiger partial charge on any atom is 0.314 e. The molecule has 2 heterocycles. The summed E-state index contributed by atoms with van der Waals surface area (Å²) in [5.74, 6) is 1.02. The predicted molar refractivity (Wildman–Crippen MR) is 109 cm³/mol. The Morgan fingerprint density at radius 1 is 1.26 bits per heavy atom. The van der Waals surface area contributed by atoms with Gasteiger partial charge < -0.3 is 19.9 Å². The van der Waals surface area contributed by atoms with Crippen LogP contribution >= 0.6 is 0 Å². The highest BCUT2D eigenvalue weighted by Gasteiger charge is 2.27. The van der Waals surface area contributed by atoms with E-state index in [0.717, 1.165) is 18.7 Å². The van der Waals surface area contributed by atoms with Crippen molar-refractivity contribution in [3.8, 4) is 17.0 Å². The molecule has 2 amide bonds. The molecule has 3 aromatic rings. The molecule has 1 aromatic heterocycles. The number of aryl methyl sites for hydroxylation is 2. The van der Waals surface area contributed by atoms with Crippen LogP contribution in [0, 0.1) is 0 Å². The van der Waals surface area contributed by atoms with Crippen LogP contribution in [0.15, 0.2) is 42.5 Å². The second kappa shape index (κ2) is 6.99. The lowest BCUT2D eigenvalue weighted by Crippen LogP contribution is -2.35. The summed E-state index contributed by atoms with van der Waals surface area (Å²) in [6.07, 6.45) is 1.03. The van der Waals surface area contributed by atoms with Crippen molar-refractivity contribution < 1.29 is 9.53 Å². The molecule has 1 atom stereocenters. The lowest BCUT2D eigenvalue weighted by molar-refractivity contribution is 0.242. The normalized spacial score (nSPS) is 13.6. The third kappa shape index (κ3) is 2.93. The van der Waals surface area contributed by atoms with Gasteiger partial charge in [0.25, 0.3) is 0 Å². The van der Waals surface area contributed by atoms with Crippen LogP contribution in [0.2, 0.25) is 0 Å². The number of hydrogen-bond acceptors (Lipinski definition) is 2. The molecule has 140 valence electrons. The Hall–Kier alpha value is -2.95. The van der Waals surface area contributed by atoms with E-state index >= 15 is 0 Å². The topological polar surface area (TPSA) is 55.3 Å². The van der Waals surface area contributed by atoms with Crippen LogP contribution in [0.25, 0.3) is 22.2 Å². The van der Waals surface area contributed by atoms with E-state index < -0.39 is 0 Å². The summed E-state index contributed by atoms with van der Waals surface area (Å²) in [5, 5.41) is 6.78. The van der Waals surface area contributed by atoms with E-state index in [2.05, 4.69) is 58.5 Å². The lowest BCUT2D eigenvalue weighted by Gasteiger charge is -2.23. The molecule has 5 heteroatoms. The second-order valence-corrected chi connectivity index (χ2v) is 7.07. The molecule has 4 rings (SSSR count). The molecule has 2 aromatic carbocycles. The molecule has 5 nitrogen and oxygen atoms in total. The maximum atomic E-state index is 11.7. The van der Waals surface area contributed by atoms with Crippen LogP contribution in [0.1, 0.15) is 24.0 Å². The van der Waals surface area contributed by atoms with Gasteiger partial charge in [-0.15, -0.1) is 0 Å². The number of carbonyl (C=O) groups excluding carboxylic acids is 1. The molecule has 27 heavy (non-hydrogen) atoms. The molecule has 0 fully saturated rings. The van der Waals surface area contributed by atoms with E-state index in [1.165, 1.54) is 33.3 Å². The minimum absolute atomic E-state index is 0.155. The van der Waals surface area contributed by atoms with Gasteiger partial charge in [-0.05, 0) is 35.7 Å². The minimum Gasteiger partial charge on any atom is -0.497 e. The first-order chi connectivity index (χ1) is 13.1. The first-order valence-corrected chi connectivity index (χ1v) is 9.38. The predicted octanol–water partition coefficient (Wildman–Crippen LogP) is 3.91. The number of urea groups is 1. The van der Waals surface area contributed by atoms with Gasteiger partial charge >= 0.3 is 6.03 Å². The fraction of sp³-hybridized carbons (Fsp3) is 0.318. The van der Waals surface area contributed by atoms with Crippen LogP contribution < -0.4 is 15.4 Å². The number of nitrogens with one attached hydrogen (secondary N) is 2. The van der Waals surface area contributed by atoms with Crippen molar-refractivity contribution in [2.75, 3.05) is 20.7 Å². The molecule has 2 N–H and O–H groups in total. The van der Waals surface area contributed by atoms with Gasteiger partial charge in [0.05, 0.1) is 12.8 Å². The van der Waals surface area contributed by atoms with Gasteiger partial charge in [-0.2, -0.15) is 0 Å². The summed E-state index contributed by atoms with van der Waals surface area (Å²) in [5.41, 5.74) is 6.44.